The van der Waals surface area contributed by atoms with E-state index in [-0.39, 0.29) is 34.2 Å². The van der Waals surface area contributed by atoms with E-state index in [4.69, 9.17) is 31.2 Å². The predicted octanol–water partition coefficient (Wildman–Crippen LogP) is 14.1. The van der Waals surface area contributed by atoms with Crippen molar-refractivity contribution in [2.24, 2.45) is 0 Å². The first-order valence-electron chi connectivity index (χ1n) is 28.1. The van der Waals surface area contributed by atoms with Crippen LogP contribution >= 0.6 is 11.6 Å². The fourth-order valence-electron chi connectivity index (χ4n) is 11.2. The van der Waals surface area contributed by atoms with Gasteiger partial charge in [-0.3, -0.25) is 0 Å². The molecule has 2 saturated carbocycles. The van der Waals surface area contributed by atoms with E-state index in [1.165, 1.54) is 12.4 Å². The van der Waals surface area contributed by atoms with Crippen LogP contribution in [0.1, 0.15) is 118 Å². The van der Waals surface area contributed by atoms with Gasteiger partial charge in [0.2, 0.25) is 23.8 Å². The molecule has 3 N–H and O–H groups in total. The summed E-state index contributed by atoms with van der Waals surface area (Å²) in [7, 11) is -3.46. The van der Waals surface area contributed by atoms with E-state index in [2.05, 4.69) is 124 Å². The van der Waals surface area contributed by atoms with Crippen LogP contribution in [0.4, 0.5) is 37.9 Å². The lowest BCUT2D eigenvalue weighted by molar-refractivity contribution is 0.201. The van der Waals surface area contributed by atoms with Gasteiger partial charge in [0, 0.05) is 84.6 Å². The van der Waals surface area contributed by atoms with Crippen molar-refractivity contribution < 1.29 is 17.6 Å². The topological polar surface area (TPSA) is 176 Å². The van der Waals surface area contributed by atoms with Crippen LogP contribution in [0.25, 0.3) is 43.9 Å². The Bertz CT molecular complexity index is 3430. The molecule has 0 spiro atoms. The fraction of sp³-hybridized carbons (Fsp3) is 0.517. The highest BCUT2D eigenvalue weighted by atomic mass is 35.5. The second kappa shape index (κ2) is 22.5. The number of rotatable bonds is 10. The molecule has 2 aliphatic carbocycles. The normalized spacial score (nSPS) is 18.7. The molecule has 0 aromatic carbocycles. The van der Waals surface area contributed by atoms with Crippen LogP contribution < -0.4 is 20.9 Å². The Balaban J connectivity index is 0.000000148. The summed E-state index contributed by atoms with van der Waals surface area (Å²) in [5.41, 5.74) is 10.4. The molecule has 4 aliphatic rings. The van der Waals surface area contributed by atoms with E-state index in [1.54, 1.807) is 12.4 Å². The monoisotopic (exact) mass is 1130 g/mol. The lowest BCUT2D eigenvalue weighted by atomic mass is 10.2. The van der Waals surface area contributed by atoms with Crippen molar-refractivity contribution in [1.82, 2.24) is 49.0 Å². The maximum atomic E-state index is 14.9. The van der Waals surface area contributed by atoms with Gasteiger partial charge in [-0.05, 0) is 111 Å². The van der Waals surface area contributed by atoms with Crippen molar-refractivity contribution in [2.45, 2.75) is 166 Å². The van der Waals surface area contributed by atoms with Crippen molar-refractivity contribution in [2.75, 3.05) is 47.0 Å². The molecule has 0 amide bonds. The number of nitrogens with zero attached hydrogens (tertiary/aromatic N) is 12. The smallest absolute Gasteiger partial charge is 0.237 e. The van der Waals surface area contributed by atoms with Gasteiger partial charge < -0.3 is 38.8 Å². The van der Waals surface area contributed by atoms with Gasteiger partial charge in [-0.1, -0.05) is 78.8 Å². The van der Waals surface area contributed by atoms with E-state index < -0.39 is 28.5 Å². The van der Waals surface area contributed by atoms with Crippen molar-refractivity contribution in [3.05, 3.63) is 90.6 Å². The number of nitrogens with one attached hydrogen (secondary N) is 1. The summed E-state index contributed by atoms with van der Waals surface area (Å²) >= 11 is 5.84. The average molecular weight is 1130 g/mol. The Morgan fingerprint density at radius 3 is 1.49 bits per heavy atom. The first kappa shape index (κ1) is 56.3. The summed E-state index contributed by atoms with van der Waals surface area (Å²) < 4.78 is 46.3. The van der Waals surface area contributed by atoms with Gasteiger partial charge >= 0.3 is 0 Å². The average Bonchev–Trinajstić information content (AvgIpc) is 4.19. The molecule has 16 nitrogen and oxygen atoms in total. The van der Waals surface area contributed by atoms with Crippen LogP contribution in [-0.2, 0) is 8.85 Å². The molecule has 8 aromatic heterocycles. The Kier molecular flexibility index (Phi) is 16.1. The Hall–Kier alpha value is -5.94. The van der Waals surface area contributed by atoms with E-state index in [0.29, 0.717) is 39.7 Å². The van der Waals surface area contributed by atoms with Gasteiger partial charge in [-0.25, -0.2) is 29.9 Å². The van der Waals surface area contributed by atoms with Crippen molar-refractivity contribution in [1.29, 1.82) is 0 Å². The van der Waals surface area contributed by atoms with Gasteiger partial charge in [0.05, 0.1) is 36.0 Å². The second-order valence-electron chi connectivity index (χ2n) is 24.8. The molecule has 2 atom stereocenters. The van der Waals surface area contributed by atoms with Crippen molar-refractivity contribution in [3.8, 4) is 0 Å². The molecule has 21 heteroatoms. The number of pyridine rings is 4. The van der Waals surface area contributed by atoms with E-state index in [1.807, 2.05) is 51.9 Å². The minimum Gasteiger partial charge on any atom is -0.412 e. The first-order valence-corrected chi connectivity index (χ1v) is 34.3. The number of nitrogen functional groups attached to an aromatic ring is 1. The lowest BCUT2D eigenvalue weighted by Crippen LogP contribution is -2.44. The maximum absolute atomic E-state index is 14.9. The third-order valence-electron chi connectivity index (χ3n) is 17.5. The van der Waals surface area contributed by atoms with Crippen LogP contribution in [0.3, 0.4) is 0 Å². The number of hydrogen-bond acceptors (Lipinski definition) is 14. The third kappa shape index (κ3) is 11.9. The van der Waals surface area contributed by atoms with Gasteiger partial charge in [0.1, 0.15) is 33.3 Å². The van der Waals surface area contributed by atoms with Gasteiger partial charge in [-0.15, -0.1) is 0 Å². The fourth-order valence-corrected chi connectivity index (χ4v) is 14.1. The molecular formula is C58H77ClF2N14O2Si2. The molecule has 0 bridgehead atoms. The van der Waals surface area contributed by atoms with Crippen molar-refractivity contribution >= 4 is 101 Å². The Morgan fingerprint density at radius 2 is 1.04 bits per heavy atom. The zero-order valence-corrected chi connectivity index (χ0v) is 50.3. The summed E-state index contributed by atoms with van der Waals surface area (Å²) in [5.74, 6) is 0.423. The van der Waals surface area contributed by atoms with Crippen LogP contribution in [0.15, 0.2) is 73.6 Å². The van der Waals surface area contributed by atoms with Crippen LogP contribution in [0.2, 0.25) is 41.4 Å². The number of fused-ring (bicyclic) bond motifs is 6. The Morgan fingerprint density at radius 1 is 0.570 bits per heavy atom. The number of hydrogen-bond donors (Lipinski definition) is 2. The maximum Gasteiger partial charge on any atom is 0.237 e. The number of anilines is 5. The highest BCUT2D eigenvalue weighted by Crippen LogP contribution is 2.42. The number of aromatic nitrogens is 10. The molecular weight excluding hydrogens is 1050 g/mol. The molecule has 8 aromatic rings. The van der Waals surface area contributed by atoms with Gasteiger partial charge in [-0.2, -0.15) is 18.7 Å². The predicted molar refractivity (Wildman–Crippen MR) is 320 cm³/mol. The van der Waals surface area contributed by atoms with Crippen LogP contribution in [0.5, 0.6) is 0 Å². The quantitative estimate of drug-likeness (QED) is 0.0977. The highest BCUT2D eigenvalue weighted by Gasteiger charge is 2.42. The van der Waals surface area contributed by atoms with Crippen LogP contribution in [0, 0.1) is 11.9 Å². The van der Waals surface area contributed by atoms with E-state index in [9.17, 15) is 8.78 Å². The van der Waals surface area contributed by atoms with Crippen molar-refractivity contribution in [3.63, 3.8) is 0 Å². The lowest BCUT2D eigenvalue weighted by Gasteiger charge is -2.38. The third-order valence-corrected chi connectivity index (χ3v) is 26.8. The first-order chi connectivity index (χ1) is 37.5. The molecule has 2 saturated heterocycles. The SMILES string of the molecule is CC(C)(C)[Si](C)(C)O[C@@H]1CCN(c2ccc(Cl)nc2)C1.CC(C)(C)[Si](C)(C)O[C@@H]1CCN(c2ccc(Nc3ncc4c5ccnc(F)c5n(C5CCCC5)c4n3)nc2)C1.Nc1ncc2c3ccnc(F)c3n(C3CCCC3)c2n1. The van der Waals surface area contributed by atoms with E-state index >= 15 is 0 Å². The molecule has 2 aliphatic heterocycles. The summed E-state index contributed by atoms with van der Waals surface area (Å²) in [6.07, 6.45) is 21.6. The summed E-state index contributed by atoms with van der Waals surface area (Å²) in [6.45, 7) is 26.8. The minimum atomic E-state index is -1.79. The molecule has 4 fully saturated rings. The molecule has 79 heavy (non-hydrogen) atoms. The van der Waals surface area contributed by atoms with E-state index in [0.717, 1.165) is 129 Å². The molecule has 420 valence electrons. The minimum absolute atomic E-state index is 0.205. The zero-order chi connectivity index (χ0) is 56.0. The molecule has 0 unspecified atom stereocenters. The highest BCUT2D eigenvalue weighted by molar-refractivity contribution is 6.74. The van der Waals surface area contributed by atoms with Crippen LogP contribution in [-0.4, -0.2) is 104 Å². The largest absolute Gasteiger partial charge is 0.412 e. The zero-order valence-electron chi connectivity index (χ0n) is 47.5. The molecule has 10 heterocycles. The molecule has 0 radical (unpaired) electrons. The number of halogens is 3. The summed E-state index contributed by atoms with van der Waals surface area (Å²) in [6, 6.07) is 12.1. The number of nitrogens with two attached hydrogens (primary N) is 1. The summed E-state index contributed by atoms with van der Waals surface area (Å²) in [5, 5.41) is 7.56. The van der Waals surface area contributed by atoms with Gasteiger partial charge in [0.15, 0.2) is 16.6 Å². The molecule has 12 rings (SSSR count). The standard InChI is InChI=1S/C29H38FN7OSi.C15H25ClN2OSi.C14H14FN5/c1-29(2,3)39(4,5)38-21-13-15-36(18-21)20-10-11-24(32-16-20)34-28-33-17-23-22-12-14-31-26(30)25(22)37(27(23)35-28)19-8-6-7-9-19;1-15(2,3)20(4,5)19-13-8-9-18(11-13)12-6-7-14(16)17-10-12;15-12-11-9(5-6-17-12)10-7-18-14(16)19-13(10)20(11)8-3-1-2-4-8/h10-12,14,16-17,19,21H,6-9,13,15,18H2,1-5H3,(H,32,33,34,35);6-7,10,13H,8-9,11H2,1-5H3;5-8H,1-4H2,(H2,16,18,19)/t21-;13-;/m11./s1. The van der Waals surface area contributed by atoms with Gasteiger partial charge in [0.25, 0.3) is 0 Å². The second-order valence-corrected chi connectivity index (χ2v) is 34.7. The Labute approximate surface area is 469 Å². The summed E-state index contributed by atoms with van der Waals surface area (Å²) in [4.78, 5) is 39.0.